The second-order valence-electron chi connectivity index (χ2n) is 4.75. The van der Waals surface area contributed by atoms with Crippen LogP contribution in [-0.2, 0) is 7.05 Å². The van der Waals surface area contributed by atoms with Crippen molar-refractivity contribution in [2.45, 2.75) is 0 Å². The summed E-state index contributed by atoms with van der Waals surface area (Å²) in [6.07, 6.45) is 0. The first-order chi connectivity index (χ1) is 11.1. The summed E-state index contributed by atoms with van der Waals surface area (Å²) in [6, 6.07) is 17.7. The predicted octanol–water partition coefficient (Wildman–Crippen LogP) is 2.37. The number of urea groups is 1. The molecule has 1 aromatic heterocycles. The zero-order chi connectivity index (χ0) is 16.2. The summed E-state index contributed by atoms with van der Waals surface area (Å²) in [4.78, 5) is 28.6. The average Bonchev–Trinajstić information content (AvgIpc) is 2.85. The van der Waals surface area contributed by atoms with Gasteiger partial charge in [0.25, 0.3) is 0 Å². The molecule has 0 radical (unpaired) electrons. The van der Waals surface area contributed by atoms with Gasteiger partial charge in [0.2, 0.25) is 4.80 Å². The van der Waals surface area contributed by atoms with Crippen LogP contribution in [0.25, 0.3) is 5.69 Å². The molecule has 23 heavy (non-hydrogen) atoms. The molecule has 116 valence electrons. The SMILES string of the molecule is Cn1c(=O)n(-c2ccccc2)s/c1=N/C(=O)Nc1ccccc1. The van der Waals surface area contributed by atoms with Crippen molar-refractivity contribution in [3.8, 4) is 5.69 Å². The first kappa shape index (κ1) is 15.0. The van der Waals surface area contributed by atoms with Crippen molar-refractivity contribution in [1.82, 2.24) is 8.52 Å². The van der Waals surface area contributed by atoms with Gasteiger partial charge in [-0.2, -0.15) is 4.99 Å². The van der Waals surface area contributed by atoms with Gasteiger partial charge in [0.15, 0.2) is 0 Å². The van der Waals surface area contributed by atoms with Crippen molar-refractivity contribution in [1.29, 1.82) is 0 Å². The summed E-state index contributed by atoms with van der Waals surface area (Å²) in [7, 11) is 1.59. The third kappa shape index (κ3) is 3.29. The number of nitrogens with one attached hydrogen (secondary N) is 1. The number of rotatable bonds is 2. The van der Waals surface area contributed by atoms with E-state index in [-0.39, 0.29) is 5.69 Å². The fourth-order valence-corrected chi connectivity index (χ4v) is 2.90. The summed E-state index contributed by atoms with van der Waals surface area (Å²) >= 11 is 1.12. The van der Waals surface area contributed by atoms with Crippen LogP contribution in [0.4, 0.5) is 10.5 Å². The van der Waals surface area contributed by atoms with Gasteiger partial charge < -0.3 is 5.32 Å². The molecule has 0 aliphatic rings. The lowest BCUT2D eigenvalue weighted by Crippen LogP contribution is -2.27. The fraction of sp³-hybridized carbons (Fsp3) is 0.0625. The maximum atomic E-state index is 12.3. The van der Waals surface area contributed by atoms with Crippen LogP contribution >= 0.6 is 11.5 Å². The highest BCUT2D eigenvalue weighted by molar-refractivity contribution is 7.03. The Morgan fingerprint density at radius 2 is 1.65 bits per heavy atom. The molecule has 0 aliphatic carbocycles. The molecule has 0 bridgehead atoms. The maximum Gasteiger partial charge on any atom is 0.348 e. The van der Waals surface area contributed by atoms with Gasteiger partial charge in [0.1, 0.15) is 0 Å². The molecule has 0 atom stereocenters. The van der Waals surface area contributed by atoms with Gasteiger partial charge in [-0.25, -0.2) is 13.5 Å². The van der Waals surface area contributed by atoms with Gasteiger partial charge in [-0.05, 0) is 35.8 Å². The standard InChI is InChI=1S/C16H14N4O2S/c1-19-15(18-14(21)17-12-8-4-2-5-9-12)23-20(16(19)22)13-10-6-3-7-11-13/h2-11H,1H3,(H,17,21)/b18-15+. The minimum atomic E-state index is -0.520. The zero-order valence-corrected chi connectivity index (χ0v) is 13.2. The second-order valence-corrected chi connectivity index (χ2v) is 5.67. The van der Waals surface area contributed by atoms with E-state index in [9.17, 15) is 9.59 Å². The Balaban J connectivity index is 1.94. The van der Waals surface area contributed by atoms with Crippen molar-refractivity contribution in [3.63, 3.8) is 0 Å². The fourth-order valence-electron chi connectivity index (χ4n) is 1.98. The van der Waals surface area contributed by atoms with Gasteiger partial charge in [-0.15, -0.1) is 0 Å². The highest BCUT2D eigenvalue weighted by atomic mass is 32.1. The molecule has 1 N–H and O–H groups in total. The molecule has 2 aromatic carbocycles. The van der Waals surface area contributed by atoms with E-state index in [1.54, 1.807) is 19.2 Å². The second kappa shape index (κ2) is 6.45. The Bertz CT molecular complexity index is 939. The quantitative estimate of drug-likeness (QED) is 0.785. The number of carbonyl (C=O) groups excluding carboxylic acids is 1. The Morgan fingerprint density at radius 3 is 2.30 bits per heavy atom. The molecule has 0 saturated heterocycles. The number of para-hydroxylation sites is 2. The predicted molar refractivity (Wildman–Crippen MR) is 89.9 cm³/mol. The van der Waals surface area contributed by atoms with Gasteiger partial charge in [0.05, 0.1) is 5.69 Å². The molecule has 0 saturated carbocycles. The smallest absolute Gasteiger partial charge is 0.306 e. The zero-order valence-electron chi connectivity index (χ0n) is 12.3. The van der Waals surface area contributed by atoms with Crippen LogP contribution in [0.15, 0.2) is 70.5 Å². The van der Waals surface area contributed by atoms with Gasteiger partial charge in [-0.1, -0.05) is 36.4 Å². The van der Waals surface area contributed by atoms with E-state index in [0.29, 0.717) is 10.5 Å². The average molecular weight is 326 g/mol. The summed E-state index contributed by atoms with van der Waals surface area (Å²) in [5.74, 6) is 0. The molecule has 2 amide bonds. The molecule has 3 aromatic rings. The van der Waals surface area contributed by atoms with Crippen LogP contribution in [0, 0.1) is 0 Å². The number of carbonyl (C=O) groups is 1. The molecule has 6 nitrogen and oxygen atoms in total. The van der Waals surface area contributed by atoms with E-state index in [2.05, 4.69) is 10.3 Å². The number of hydrogen-bond acceptors (Lipinski definition) is 3. The molecular weight excluding hydrogens is 312 g/mol. The van der Waals surface area contributed by atoms with Crippen molar-refractivity contribution >= 4 is 23.3 Å². The first-order valence-electron chi connectivity index (χ1n) is 6.91. The summed E-state index contributed by atoms with van der Waals surface area (Å²) in [6.45, 7) is 0. The monoisotopic (exact) mass is 326 g/mol. The molecule has 1 heterocycles. The van der Waals surface area contributed by atoms with Crippen LogP contribution in [0.2, 0.25) is 0 Å². The highest BCUT2D eigenvalue weighted by Crippen LogP contribution is 2.06. The van der Waals surface area contributed by atoms with Crippen LogP contribution in [-0.4, -0.2) is 14.6 Å². The van der Waals surface area contributed by atoms with Crippen molar-refractivity contribution in [3.05, 3.63) is 75.9 Å². The molecule has 0 unspecified atom stereocenters. The van der Waals surface area contributed by atoms with E-state index in [4.69, 9.17) is 0 Å². The van der Waals surface area contributed by atoms with Gasteiger partial charge >= 0.3 is 11.7 Å². The van der Waals surface area contributed by atoms with E-state index in [1.807, 2.05) is 48.5 Å². The minimum Gasteiger partial charge on any atom is -0.306 e. The Labute approximate surface area is 136 Å². The molecule has 0 fully saturated rings. The van der Waals surface area contributed by atoms with E-state index < -0.39 is 6.03 Å². The van der Waals surface area contributed by atoms with Crippen LogP contribution in [0.1, 0.15) is 0 Å². The molecule has 3 rings (SSSR count). The lowest BCUT2D eigenvalue weighted by atomic mass is 10.3. The lowest BCUT2D eigenvalue weighted by Gasteiger charge is -1.99. The van der Waals surface area contributed by atoms with Crippen LogP contribution in [0.5, 0.6) is 0 Å². The van der Waals surface area contributed by atoms with Gasteiger partial charge in [0, 0.05) is 12.7 Å². The Hall–Kier alpha value is -2.93. The van der Waals surface area contributed by atoms with Crippen molar-refractivity contribution in [2.24, 2.45) is 12.0 Å². The largest absolute Gasteiger partial charge is 0.348 e. The van der Waals surface area contributed by atoms with E-state index >= 15 is 0 Å². The van der Waals surface area contributed by atoms with Crippen molar-refractivity contribution < 1.29 is 4.79 Å². The Morgan fingerprint density at radius 1 is 1.04 bits per heavy atom. The number of anilines is 1. The number of benzene rings is 2. The first-order valence-corrected chi connectivity index (χ1v) is 7.68. The third-order valence-corrected chi connectivity index (χ3v) is 4.21. The number of nitrogens with zero attached hydrogens (tertiary/aromatic N) is 3. The number of aromatic nitrogens is 2. The van der Waals surface area contributed by atoms with Crippen LogP contribution < -0.4 is 15.8 Å². The Kier molecular flexibility index (Phi) is 4.20. The van der Waals surface area contributed by atoms with Crippen LogP contribution in [0.3, 0.4) is 0 Å². The number of amides is 2. The van der Waals surface area contributed by atoms with E-state index in [0.717, 1.165) is 17.2 Å². The third-order valence-electron chi connectivity index (χ3n) is 3.13. The van der Waals surface area contributed by atoms with Crippen molar-refractivity contribution in [2.75, 3.05) is 5.32 Å². The lowest BCUT2D eigenvalue weighted by molar-refractivity contribution is 0.259. The topological polar surface area (TPSA) is 68.4 Å². The van der Waals surface area contributed by atoms with Gasteiger partial charge in [-0.3, -0.25) is 4.57 Å². The summed E-state index contributed by atoms with van der Waals surface area (Å²) in [5, 5.41) is 2.66. The molecule has 7 heteroatoms. The molecule has 0 spiro atoms. The normalized spacial score (nSPS) is 11.4. The minimum absolute atomic E-state index is 0.243. The van der Waals surface area contributed by atoms with E-state index in [1.165, 1.54) is 8.52 Å². The molecule has 0 aliphatic heterocycles. The summed E-state index contributed by atoms with van der Waals surface area (Å²) < 4.78 is 2.84. The molecular formula is C16H14N4O2S. The maximum absolute atomic E-state index is 12.3. The summed E-state index contributed by atoms with van der Waals surface area (Å²) in [5.41, 5.74) is 1.15. The highest BCUT2D eigenvalue weighted by Gasteiger charge is 2.08. The number of hydrogen-bond donors (Lipinski definition) is 1.